The molecule has 0 unspecified atom stereocenters. The molecule has 2 rings (SSSR count). The summed E-state index contributed by atoms with van der Waals surface area (Å²) in [6, 6.07) is 10.5. The van der Waals surface area contributed by atoms with Gasteiger partial charge in [0.05, 0.1) is 7.11 Å². The smallest absolute Gasteiger partial charge is 0.213 e. The molecule has 0 saturated heterocycles. The standard InChI is InChI=1S/C16H20N2O/c1-4-17-11-13-6-5-12(2)15(9-13)14-7-8-18-16(10-14)19-3/h5-10,17H,4,11H2,1-3H3. The van der Waals surface area contributed by atoms with Crippen molar-refractivity contribution in [3.05, 3.63) is 47.7 Å². The van der Waals surface area contributed by atoms with Crippen LogP contribution in [0.1, 0.15) is 18.1 Å². The second-order valence-electron chi connectivity index (χ2n) is 4.52. The third kappa shape index (κ3) is 3.32. The fourth-order valence-electron chi connectivity index (χ4n) is 2.05. The molecular formula is C16H20N2O. The molecule has 0 saturated carbocycles. The van der Waals surface area contributed by atoms with E-state index in [0.29, 0.717) is 5.88 Å². The maximum absolute atomic E-state index is 5.19. The van der Waals surface area contributed by atoms with Crippen molar-refractivity contribution >= 4 is 0 Å². The van der Waals surface area contributed by atoms with Crippen molar-refractivity contribution in [3.8, 4) is 17.0 Å². The molecule has 2 aromatic rings. The predicted octanol–water partition coefficient (Wildman–Crippen LogP) is 3.18. The van der Waals surface area contributed by atoms with Crippen LogP contribution in [-0.2, 0) is 6.54 Å². The fraction of sp³-hybridized carbons (Fsp3) is 0.312. The predicted molar refractivity (Wildman–Crippen MR) is 78.3 cm³/mol. The van der Waals surface area contributed by atoms with Gasteiger partial charge in [-0.1, -0.05) is 19.1 Å². The van der Waals surface area contributed by atoms with Crippen LogP contribution < -0.4 is 10.1 Å². The quantitative estimate of drug-likeness (QED) is 0.892. The normalized spacial score (nSPS) is 10.5. The van der Waals surface area contributed by atoms with Crippen LogP contribution in [0.3, 0.4) is 0 Å². The molecule has 0 spiro atoms. The van der Waals surface area contributed by atoms with Crippen molar-refractivity contribution in [1.82, 2.24) is 10.3 Å². The zero-order valence-electron chi connectivity index (χ0n) is 11.7. The van der Waals surface area contributed by atoms with E-state index in [1.165, 1.54) is 16.7 Å². The molecule has 1 heterocycles. The minimum absolute atomic E-state index is 0.647. The first kappa shape index (κ1) is 13.6. The summed E-state index contributed by atoms with van der Waals surface area (Å²) in [7, 11) is 1.64. The van der Waals surface area contributed by atoms with Crippen molar-refractivity contribution in [3.63, 3.8) is 0 Å². The number of aryl methyl sites for hydroxylation is 1. The Bertz CT molecular complexity index is 552. The van der Waals surface area contributed by atoms with Crippen molar-refractivity contribution in [2.24, 2.45) is 0 Å². The molecule has 0 aliphatic carbocycles. The minimum atomic E-state index is 0.647. The zero-order valence-corrected chi connectivity index (χ0v) is 11.7. The van der Waals surface area contributed by atoms with Gasteiger partial charge in [-0.05, 0) is 47.9 Å². The van der Waals surface area contributed by atoms with Gasteiger partial charge in [-0.3, -0.25) is 0 Å². The van der Waals surface area contributed by atoms with Gasteiger partial charge < -0.3 is 10.1 Å². The minimum Gasteiger partial charge on any atom is -0.481 e. The molecule has 0 radical (unpaired) electrons. The van der Waals surface area contributed by atoms with Gasteiger partial charge in [0.2, 0.25) is 5.88 Å². The van der Waals surface area contributed by atoms with Crippen LogP contribution in [0.2, 0.25) is 0 Å². The fourth-order valence-corrected chi connectivity index (χ4v) is 2.05. The third-order valence-electron chi connectivity index (χ3n) is 3.14. The number of hydrogen-bond acceptors (Lipinski definition) is 3. The van der Waals surface area contributed by atoms with E-state index in [0.717, 1.165) is 18.7 Å². The molecule has 0 atom stereocenters. The number of benzene rings is 1. The number of aromatic nitrogens is 1. The molecule has 3 heteroatoms. The van der Waals surface area contributed by atoms with Gasteiger partial charge in [-0.15, -0.1) is 0 Å². The van der Waals surface area contributed by atoms with Gasteiger partial charge in [0.25, 0.3) is 0 Å². The number of rotatable bonds is 5. The van der Waals surface area contributed by atoms with Crippen molar-refractivity contribution in [1.29, 1.82) is 0 Å². The lowest BCUT2D eigenvalue weighted by Crippen LogP contribution is -2.11. The second-order valence-corrected chi connectivity index (χ2v) is 4.52. The van der Waals surface area contributed by atoms with E-state index in [9.17, 15) is 0 Å². The molecule has 100 valence electrons. The van der Waals surface area contributed by atoms with E-state index in [1.54, 1.807) is 13.3 Å². The highest BCUT2D eigenvalue weighted by atomic mass is 16.5. The summed E-state index contributed by atoms with van der Waals surface area (Å²) in [4.78, 5) is 4.15. The van der Waals surface area contributed by atoms with Crippen LogP contribution in [0.15, 0.2) is 36.5 Å². The molecule has 1 aromatic heterocycles. The third-order valence-corrected chi connectivity index (χ3v) is 3.14. The number of hydrogen-bond donors (Lipinski definition) is 1. The van der Waals surface area contributed by atoms with Crippen molar-refractivity contribution < 1.29 is 4.74 Å². The average Bonchev–Trinajstić information content (AvgIpc) is 2.46. The molecule has 1 N–H and O–H groups in total. The van der Waals surface area contributed by atoms with E-state index in [4.69, 9.17) is 4.74 Å². The van der Waals surface area contributed by atoms with Crippen LogP contribution >= 0.6 is 0 Å². The molecule has 0 aliphatic heterocycles. The Kier molecular flexibility index (Phi) is 4.53. The Morgan fingerprint density at radius 1 is 1.21 bits per heavy atom. The molecule has 19 heavy (non-hydrogen) atoms. The zero-order chi connectivity index (χ0) is 13.7. The summed E-state index contributed by atoms with van der Waals surface area (Å²) in [5, 5.41) is 3.35. The number of nitrogens with zero attached hydrogens (tertiary/aromatic N) is 1. The van der Waals surface area contributed by atoms with Crippen LogP contribution in [0.5, 0.6) is 5.88 Å². The lowest BCUT2D eigenvalue weighted by Gasteiger charge is -2.10. The SMILES string of the molecule is CCNCc1ccc(C)c(-c2ccnc(OC)c2)c1. The highest BCUT2D eigenvalue weighted by Crippen LogP contribution is 2.26. The summed E-state index contributed by atoms with van der Waals surface area (Å²) in [5.74, 6) is 0.647. The molecule has 0 aliphatic rings. The van der Waals surface area contributed by atoms with E-state index in [-0.39, 0.29) is 0 Å². The van der Waals surface area contributed by atoms with Gasteiger partial charge in [0.1, 0.15) is 0 Å². The first-order valence-corrected chi connectivity index (χ1v) is 6.55. The Labute approximate surface area is 114 Å². The average molecular weight is 256 g/mol. The monoisotopic (exact) mass is 256 g/mol. The number of nitrogens with one attached hydrogen (secondary N) is 1. The summed E-state index contributed by atoms with van der Waals surface area (Å²) in [6.45, 7) is 6.11. The Morgan fingerprint density at radius 3 is 2.79 bits per heavy atom. The van der Waals surface area contributed by atoms with Gasteiger partial charge >= 0.3 is 0 Å². The van der Waals surface area contributed by atoms with Crippen LogP contribution in [0, 0.1) is 6.92 Å². The summed E-state index contributed by atoms with van der Waals surface area (Å²) in [5.41, 5.74) is 4.92. The van der Waals surface area contributed by atoms with Crippen LogP contribution in [0.25, 0.3) is 11.1 Å². The van der Waals surface area contributed by atoms with Gasteiger partial charge in [-0.25, -0.2) is 4.98 Å². The highest BCUT2D eigenvalue weighted by molar-refractivity contribution is 5.68. The number of methoxy groups -OCH3 is 1. The topological polar surface area (TPSA) is 34.2 Å². The molecular weight excluding hydrogens is 236 g/mol. The maximum Gasteiger partial charge on any atom is 0.213 e. The first-order valence-electron chi connectivity index (χ1n) is 6.55. The summed E-state index contributed by atoms with van der Waals surface area (Å²) >= 11 is 0. The summed E-state index contributed by atoms with van der Waals surface area (Å²) in [6.07, 6.45) is 1.78. The van der Waals surface area contributed by atoms with Crippen molar-refractivity contribution in [2.45, 2.75) is 20.4 Å². The van der Waals surface area contributed by atoms with Gasteiger partial charge in [0.15, 0.2) is 0 Å². The largest absolute Gasteiger partial charge is 0.481 e. The highest BCUT2D eigenvalue weighted by Gasteiger charge is 2.05. The van der Waals surface area contributed by atoms with Gasteiger partial charge in [-0.2, -0.15) is 0 Å². The van der Waals surface area contributed by atoms with Crippen molar-refractivity contribution in [2.75, 3.05) is 13.7 Å². The van der Waals surface area contributed by atoms with E-state index >= 15 is 0 Å². The van der Waals surface area contributed by atoms with Crippen LogP contribution in [-0.4, -0.2) is 18.6 Å². The lowest BCUT2D eigenvalue weighted by atomic mass is 9.99. The number of ether oxygens (including phenoxy) is 1. The number of pyridine rings is 1. The molecule has 1 aromatic carbocycles. The first-order chi connectivity index (χ1) is 9.24. The molecule has 0 fully saturated rings. The Hall–Kier alpha value is -1.87. The van der Waals surface area contributed by atoms with E-state index < -0.39 is 0 Å². The molecule has 3 nitrogen and oxygen atoms in total. The second kappa shape index (κ2) is 6.34. The molecule has 0 bridgehead atoms. The Morgan fingerprint density at radius 2 is 2.05 bits per heavy atom. The maximum atomic E-state index is 5.19. The lowest BCUT2D eigenvalue weighted by molar-refractivity contribution is 0.398. The Balaban J connectivity index is 2.36. The van der Waals surface area contributed by atoms with Gasteiger partial charge in [0, 0.05) is 18.8 Å². The van der Waals surface area contributed by atoms with Crippen LogP contribution in [0.4, 0.5) is 0 Å². The summed E-state index contributed by atoms with van der Waals surface area (Å²) < 4.78 is 5.19. The van der Waals surface area contributed by atoms with E-state index in [2.05, 4.69) is 42.3 Å². The van der Waals surface area contributed by atoms with E-state index in [1.807, 2.05) is 12.1 Å². The molecule has 0 amide bonds.